The maximum atomic E-state index is 2.19. The Hall–Kier alpha value is -0.730. The second-order valence-electron chi connectivity index (χ2n) is 3.18. The van der Waals surface area contributed by atoms with Crippen LogP contribution in [0, 0.1) is 6.92 Å². The Morgan fingerprint density at radius 1 is 1.14 bits per heavy atom. The van der Waals surface area contributed by atoms with E-state index in [0.29, 0.717) is 0 Å². The largest absolute Gasteiger partial charge is 0.148 e. The van der Waals surface area contributed by atoms with E-state index in [-0.39, 0.29) is 0 Å². The molecule has 0 amide bonds. The summed E-state index contributed by atoms with van der Waals surface area (Å²) in [5.74, 6) is 1.08. The molecule has 0 fully saturated rings. The van der Waals surface area contributed by atoms with Crippen molar-refractivity contribution in [1.29, 1.82) is 0 Å². The van der Waals surface area contributed by atoms with E-state index in [1.807, 2.05) is 23.1 Å². The van der Waals surface area contributed by atoms with Crippen molar-refractivity contribution in [3.63, 3.8) is 0 Å². The fraction of sp³-hybridized carbons (Fsp3) is 0.167. The van der Waals surface area contributed by atoms with Gasteiger partial charge in [-0.25, -0.2) is 0 Å². The molecule has 0 unspecified atom stereocenters. The van der Waals surface area contributed by atoms with E-state index in [1.165, 1.54) is 15.3 Å². The summed E-state index contributed by atoms with van der Waals surface area (Å²) in [6.07, 6.45) is 0. The molecule has 0 bridgehead atoms. The van der Waals surface area contributed by atoms with Crippen LogP contribution in [0.1, 0.15) is 10.4 Å². The number of thiophene rings is 1. The standard InChI is InChI=1S/C12H12S2/c1-10-4-6-11(7-5-10)14-9-12-3-2-8-13-12/h2-8H,9H2,1H3. The van der Waals surface area contributed by atoms with Crippen molar-refractivity contribution >= 4 is 23.1 Å². The Balaban J connectivity index is 1.95. The van der Waals surface area contributed by atoms with Gasteiger partial charge in [0.2, 0.25) is 0 Å². The summed E-state index contributed by atoms with van der Waals surface area (Å²) < 4.78 is 0. The van der Waals surface area contributed by atoms with Crippen LogP contribution in [-0.4, -0.2) is 0 Å². The first kappa shape index (κ1) is 9.81. The SMILES string of the molecule is Cc1ccc(SCc2cccs2)cc1. The molecule has 0 spiro atoms. The van der Waals surface area contributed by atoms with Crippen LogP contribution in [-0.2, 0) is 5.75 Å². The van der Waals surface area contributed by atoms with Crippen molar-refractivity contribution in [3.8, 4) is 0 Å². The molecule has 2 aromatic rings. The van der Waals surface area contributed by atoms with E-state index in [2.05, 4.69) is 48.7 Å². The molecule has 0 aliphatic carbocycles. The van der Waals surface area contributed by atoms with Crippen molar-refractivity contribution in [1.82, 2.24) is 0 Å². The Morgan fingerprint density at radius 3 is 2.57 bits per heavy atom. The first-order valence-electron chi connectivity index (χ1n) is 4.56. The highest BCUT2D eigenvalue weighted by molar-refractivity contribution is 7.98. The van der Waals surface area contributed by atoms with Gasteiger partial charge in [0, 0.05) is 15.5 Å². The Morgan fingerprint density at radius 2 is 1.93 bits per heavy atom. The molecule has 1 heterocycles. The second kappa shape index (κ2) is 4.67. The van der Waals surface area contributed by atoms with Gasteiger partial charge in [0.05, 0.1) is 0 Å². The molecular formula is C12H12S2. The summed E-state index contributed by atoms with van der Waals surface area (Å²) >= 11 is 3.72. The first-order valence-corrected chi connectivity index (χ1v) is 6.43. The van der Waals surface area contributed by atoms with Crippen molar-refractivity contribution in [2.45, 2.75) is 17.6 Å². The molecule has 72 valence electrons. The summed E-state index contributed by atoms with van der Waals surface area (Å²) in [4.78, 5) is 2.79. The quantitative estimate of drug-likeness (QED) is 0.693. The molecule has 2 rings (SSSR count). The Labute approximate surface area is 93.0 Å². The summed E-state index contributed by atoms with van der Waals surface area (Å²) in [6.45, 7) is 2.12. The minimum atomic E-state index is 1.08. The molecule has 0 saturated carbocycles. The lowest BCUT2D eigenvalue weighted by Crippen LogP contribution is -1.75. The Bertz CT molecular complexity index is 373. The average molecular weight is 220 g/mol. The van der Waals surface area contributed by atoms with Gasteiger partial charge in [-0.1, -0.05) is 23.8 Å². The van der Waals surface area contributed by atoms with Crippen LogP contribution in [0.4, 0.5) is 0 Å². The molecular weight excluding hydrogens is 208 g/mol. The summed E-state index contributed by atoms with van der Waals surface area (Å²) in [6, 6.07) is 13.0. The third-order valence-electron chi connectivity index (χ3n) is 1.98. The fourth-order valence-corrected chi connectivity index (χ4v) is 2.86. The van der Waals surface area contributed by atoms with Gasteiger partial charge in [-0.05, 0) is 30.5 Å². The van der Waals surface area contributed by atoms with Gasteiger partial charge in [-0.15, -0.1) is 23.1 Å². The zero-order chi connectivity index (χ0) is 9.80. The summed E-state index contributed by atoms with van der Waals surface area (Å²) in [5, 5.41) is 2.13. The molecule has 0 aliphatic rings. The molecule has 2 heteroatoms. The lowest BCUT2D eigenvalue weighted by Gasteiger charge is -1.99. The van der Waals surface area contributed by atoms with Crippen molar-refractivity contribution in [2.24, 2.45) is 0 Å². The first-order chi connectivity index (χ1) is 6.84. The third-order valence-corrected chi connectivity index (χ3v) is 4.10. The highest BCUT2D eigenvalue weighted by Crippen LogP contribution is 2.24. The number of hydrogen-bond donors (Lipinski definition) is 0. The van der Waals surface area contributed by atoms with Crippen molar-refractivity contribution in [3.05, 3.63) is 52.2 Å². The van der Waals surface area contributed by atoms with Crippen LogP contribution in [0.5, 0.6) is 0 Å². The predicted octanol–water partition coefficient (Wildman–Crippen LogP) is 4.35. The highest BCUT2D eigenvalue weighted by Gasteiger charge is 1.96. The van der Waals surface area contributed by atoms with Crippen LogP contribution in [0.15, 0.2) is 46.7 Å². The molecule has 0 aliphatic heterocycles. The lowest BCUT2D eigenvalue weighted by molar-refractivity contribution is 1.37. The molecule has 0 radical (unpaired) electrons. The smallest absolute Gasteiger partial charge is 0.0326 e. The monoisotopic (exact) mass is 220 g/mol. The minimum Gasteiger partial charge on any atom is -0.148 e. The zero-order valence-electron chi connectivity index (χ0n) is 8.07. The molecule has 14 heavy (non-hydrogen) atoms. The topological polar surface area (TPSA) is 0 Å². The van der Waals surface area contributed by atoms with Gasteiger partial charge < -0.3 is 0 Å². The lowest BCUT2D eigenvalue weighted by atomic mass is 10.2. The van der Waals surface area contributed by atoms with E-state index in [0.717, 1.165) is 5.75 Å². The van der Waals surface area contributed by atoms with Gasteiger partial charge in [0.1, 0.15) is 0 Å². The summed E-state index contributed by atoms with van der Waals surface area (Å²) in [7, 11) is 0. The van der Waals surface area contributed by atoms with Crippen LogP contribution in [0.3, 0.4) is 0 Å². The molecule has 1 aromatic heterocycles. The highest BCUT2D eigenvalue weighted by atomic mass is 32.2. The van der Waals surface area contributed by atoms with Crippen molar-refractivity contribution < 1.29 is 0 Å². The van der Waals surface area contributed by atoms with Gasteiger partial charge in [-0.2, -0.15) is 0 Å². The fourth-order valence-electron chi connectivity index (χ4n) is 1.18. The molecule has 0 N–H and O–H groups in total. The predicted molar refractivity (Wildman–Crippen MR) is 65.1 cm³/mol. The van der Waals surface area contributed by atoms with E-state index in [4.69, 9.17) is 0 Å². The zero-order valence-corrected chi connectivity index (χ0v) is 9.70. The minimum absolute atomic E-state index is 1.08. The average Bonchev–Trinajstić information content (AvgIpc) is 2.70. The van der Waals surface area contributed by atoms with Gasteiger partial charge in [0.25, 0.3) is 0 Å². The van der Waals surface area contributed by atoms with Gasteiger partial charge in [-0.3, -0.25) is 0 Å². The maximum Gasteiger partial charge on any atom is 0.0326 e. The number of thioether (sulfide) groups is 1. The van der Waals surface area contributed by atoms with E-state index in [1.54, 1.807) is 0 Å². The second-order valence-corrected chi connectivity index (χ2v) is 5.26. The molecule has 0 atom stereocenters. The molecule has 0 saturated heterocycles. The van der Waals surface area contributed by atoms with Crippen LogP contribution in [0.25, 0.3) is 0 Å². The van der Waals surface area contributed by atoms with Gasteiger partial charge >= 0.3 is 0 Å². The maximum absolute atomic E-state index is 2.19. The number of benzene rings is 1. The number of aryl methyl sites for hydroxylation is 1. The van der Waals surface area contributed by atoms with Gasteiger partial charge in [0.15, 0.2) is 0 Å². The Kier molecular flexibility index (Phi) is 3.27. The third kappa shape index (κ3) is 2.63. The van der Waals surface area contributed by atoms with Crippen LogP contribution >= 0.6 is 23.1 Å². The van der Waals surface area contributed by atoms with E-state index >= 15 is 0 Å². The number of rotatable bonds is 3. The number of hydrogen-bond acceptors (Lipinski definition) is 2. The van der Waals surface area contributed by atoms with Crippen LogP contribution < -0.4 is 0 Å². The molecule has 0 nitrogen and oxygen atoms in total. The normalized spacial score (nSPS) is 10.4. The molecule has 1 aromatic carbocycles. The van der Waals surface area contributed by atoms with Crippen molar-refractivity contribution in [2.75, 3.05) is 0 Å². The van der Waals surface area contributed by atoms with E-state index < -0.39 is 0 Å². The van der Waals surface area contributed by atoms with E-state index in [9.17, 15) is 0 Å². The van der Waals surface area contributed by atoms with Crippen LogP contribution in [0.2, 0.25) is 0 Å². The summed E-state index contributed by atoms with van der Waals surface area (Å²) in [5.41, 5.74) is 1.32.